The molecule has 27 heteroatoms. The molecule has 0 N–H and O–H groups in total. The summed E-state index contributed by atoms with van der Waals surface area (Å²) in [6.07, 6.45) is 0. The van der Waals surface area contributed by atoms with Gasteiger partial charge in [0, 0.05) is 0 Å². The van der Waals surface area contributed by atoms with E-state index in [1.54, 1.807) is 0 Å². The van der Waals surface area contributed by atoms with Crippen LogP contribution in [0, 0.1) is 0 Å². The quantitative estimate of drug-likeness (QED) is 0.147. The molecule has 0 saturated carbocycles. The molecule has 2 heterocycles. The molecular weight excluding hydrogens is 931 g/mol. The number of hydrogen-bond donors (Lipinski definition) is 0. The molecule has 41 heavy (non-hydrogen) atoms. The Hall–Kier alpha value is 0.335. The van der Waals surface area contributed by atoms with Crippen molar-refractivity contribution in [3.8, 4) is 0 Å². The fourth-order valence-corrected chi connectivity index (χ4v) is 18.2. The Morgan fingerprint density at radius 3 is 0.854 bits per heavy atom. The zero-order valence-corrected chi connectivity index (χ0v) is 28.4. The molecule has 0 aromatic carbocycles. The zero-order valence-electron chi connectivity index (χ0n) is 18.0. The van der Waals surface area contributed by atoms with Crippen LogP contribution in [-0.2, 0) is 25.2 Å². The number of halogens is 18. The molecule has 0 atom stereocenters. The summed E-state index contributed by atoms with van der Waals surface area (Å²) in [5.41, 5.74) is -32.7. The first-order valence-corrected chi connectivity index (χ1v) is 18.8. The van der Waals surface area contributed by atoms with E-state index in [0.29, 0.717) is 0 Å². The van der Waals surface area contributed by atoms with E-state index in [9.17, 15) is 79.0 Å². The van der Waals surface area contributed by atoms with Gasteiger partial charge in [0.05, 0.1) is 0 Å². The van der Waals surface area contributed by atoms with E-state index < -0.39 is 159 Å². The van der Waals surface area contributed by atoms with E-state index >= 15 is 0 Å². The van der Waals surface area contributed by atoms with Crippen LogP contribution in [-0.4, -0.2) is 37.7 Å². The summed E-state index contributed by atoms with van der Waals surface area (Å²) in [7, 11) is 0. The Bertz CT molecular complexity index is 1110. The molecule has 0 aliphatic heterocycles. The van der Waals surface area contributed by atoms with Crippen LogP contribution in [0.2, 0.25) is 0 Å². The van der Waals surface area contributed by atoms with Crippen molar-refractivity contribution in [2.75, 3.05) is 0 Å². The first-order chi connectivity index (χ1) is 18.0. The topological polar surface area (TPSA) is 9.86 Å². The van der Waals surface area contributed by atoms with Crippen LogP contribution in [0.15, 0.2) is 42.0 Å². The minimum atomic E-state index is -5.52. The van der Waals surface area contributed by atoms with Crippen LogP contribution in [0.3, 0.4) is 0 Å². The Balaban J connectivity index is 2.94. The van der Waals surface area contributed by atoms with E-state index in [-0.39, 0.29) is 16.8 Å². The summed E-state index contributed by atoms with van der Waals surface area (Å²) in [6.45, 7) is 0. The summed E-state index contributed by atoms with van der Waals surface area (Å²) in [5.74, 6) is 0. The molecule has 232 valence electrons. The number of aromatic nitrogens is 2. The predicted octanol–water partition coefficient (Wildman–Crippen LogP) is 11.3. The van der Waals surface area contributed by atoms with Gasteiger partial charge in [0.15, 0.2) is 0 Å². The average Bonchev–Trinajstić information content (AvgIpc) is 3.06. The summed E-state index contributed by atoms with van der Waals surface area (Å²) in [4.78, 5) is -3.03. The number of alkyl halides is 18. The van der Waals surface area contributed by atoms with Gasteiger partial charge in [0.25, 0.3) is 0 Å². The molecular formula is C14H2F18HgN2S6. The van der Waals surface area contributed by atoms with Crippen molar-refractivity contribution in [1.29, 1.82) is 0 Å². The van der Waals surface area contributed by atoms with E-state index in [1.165, 1.54) is 0 Å². The molecule has 2 rings (SSSR count). The van der Waals surface area contributed by atoms with Gasteiger partial charge in [-0.05, 0) is 0 Å². The molecule has 0 spiro atoms. The van der Waals surface area contributed by atoms with Gasteiger partial charge in [-0.2, -0.15) is 0 Å². The Labute approximate surface area is 253 Å². The monoisotopic (exact) mass is 934 g/mol. The second-order valence-corrected chi connectivity index (χ2v) is 19.1. The van der Waals surface area contributed by atoms with Crippen molar-refractivity contribution < 1.29 is 104 Å². The van der Waals surface area contributed by atoms with Gasteiger partial charge in [-0.25, -0.2) is 0 Å². The first-order valence-electron chi connectivity index (χ1n) is 9.03. The first kappa shape index (κ1) is 37.5. The van der Waals surface area contributed by atoms with Crippen molar-refractivity contribution in [3.63, 3.8) is 0 Å². The van der Waals surface area contributed by atoms with Gasteiger partial charge in [-0.15, -0.1) is 0 Å². The van der Waals surface area contributed by atoms with Gasteiger partial charge in [-0.3, -0.25) is 0 Å². The van der Waals surface area contributed by atoms with Crippen LogP contribution < -0.4 is 0 Å². The number of nitrogens with zero attached hydrogens (tertiary/aromatic N) is 2. The third-order valence-corrected chi connectivity index (χ3v) is 19.5. The second-order valence-electron chi connectivity index (χ2n) is 6.59. The zero-order chi connectivity index (χ0) is 32.0. The van der Waals surface area contributed by atoms with Gasteiger partial charge in [0.2, 0.25) is 0 Å². The molecule has 0 aliphatic rings. The van der Waals surface area contributed by atoms with Crippen molar-refractivity contribution in [2.24, 2.45) is 0 Å². The normalized spacial score (nSPS) is 14.1. The van der Waals surface area contributed by atoms with Crippen LogP contribution in [0.25, 0.3) is 0 Å². The number of thioether (sulfide) groups is 6. The average molecular weight is 933 g/mol. The van der Waals surface area contributed by atoms with Gasteiger partial charge in [0.1, 0.15) is 0 Å². The third kappa shape index (κ3) is 13.5. The van der Waals surface area contributed by atoms with E-state index in [4.69, 9.17) is 0 Å². The maximum absolute atomic E-state index is 13.2. The maximum atomic E-state index is 13.2. The van der Waals surface area contributed by atoms with Crippen molar-refractivity contribution in [2.45, 2.75) is 62.9 Å². The molecule has 0 amide bonds. The van der Waals surface area contributed by atoms with Crippen molar-refractivity contribution >= 4 is 70.6 Å². The minimum absolute atomic E-state index is 0.0353. The van der Waals surface area contributed by atoms with E-state index in [1.807, 2.05) is 0 Å². The summed E-state index contributed by atoms with van der Waals surface area (Å²) >= 11 is -12.9. The van der Waals surface area contributed by atoms with Crippen molar-refractivity contribution in [3.05, 3.63) is 12.1 Å². The fourth-order valence-electron chi connectivity index (χ4n) is 2.61. The van der Waals surface area contributed by atoms with Crippen molar-refractivity contribution in [1.82, 2.24) is 4.66 Å². The predicted molar refractivity (Wildman–Crippen MR) is 111 cm³/mol. The van der Waals surface area contributed by atoms with Crippen LogP contribution >= 0.6 is 70.6 Å². The van der Waals surface area contributed by atoms with Gasteiger partial charge < -0.3 is 0 Å². The van der Waals surface area contributed by atoms with Crippen LogP contribution in [0.5, 0.6) is 0 Å². The molecule has 0 radical (unpaired) electrons. The SMILES string of the molecule is FC(F)(F)Sc1cc(SC(F)(F)F)[n]([Hg][n]2c(SC(F)(F)F)cc(SC(F)(F)F)c2SC(F)(F)F)c1SC(F)(F)F. The van der Waals surface area contributed by atoms with E-state index in [2.05, 4.69) is 0 Å². The Kier molecular flexibility index (Phi) is 11.9. The summed E-state index contributed by atoms with van der Waals surface area (Å²) in [6, 6.07) is -0.0706. The summed E-state index contributed by atoms with van der Waals surface area (Å²) in [5, 5.41) is -6.19. The van der Waals surface area contributed by atoms with Crippen LogP contribution in [0.4, 0.5) is 79.0 Å². The Morgan fingerprint density at radius 1 is 0.390 bits per heavy atom. The molecule has 2 aromatic rings. The molecule has 0 aliphatic carbocycles. The Morgan fingerprint density at radius 2 is 0.634 bits per heavy atom. The molecule has 2 nitrogen and oxygen atoms in total. The molecule has 0 fully saturated rings. The van der Waals surface area contributed by atoms with Gasteiger partial charge >= 0.3 is 255 Å². The second kappa shape index (κ2) is 13.0. The molecule has 0 unspecified atom stereocenters. The molecule has 2 aromatic heterocycles. The number of rotatable bonds is 8. The third-order valence-electron chi connectivity index (χ3n) is 3.55. The summed E-state index contributed by atoms with van der Waals surface area (Å²) < 4.78 is 236. The standard InChI is InChI=1S/2C7HF9NS3.Hg/c2*8-5(9,10)18-2-1-3(19-6(11,12)13)17-4(2)20-7(14,15)16;/h2*1H;/q2*-1;+2. The fraction of sp³-hybridized carbons (Fsp3) is 0.429. The molecule has 0 bridgehead atoms. The molecule has 0 saturated heterocycles. The number of hydrogen-bond acceptors (Lipinski definition) is 6. The van der Waals surface area contributed by atoms with E-state index in [0.717, 1.165) is 0 Å². The van der Waals surface area contributed by atoms with Gasteiger partial charge in [-0.1, -0.05) is 0 Å². The van der Waals surface area contributed by atoms with Crippen LogP contribution in [0.1, 0.15) is 0 Å².